The molecule has 0 atom stereocenters. The van der Waals surface area contributed by atoms with Gasteiger partial charge in [-0.25, -0.2) is 4.79 Å². The fourth-order valence-corrected chi connectivity index (χ4v) is 1.59. The van der Waals surface area contributed by atoms with E-state index in [2.05, 4.69) is 0 Å². The minimum Gasteiger partial charge on any atom is -0.443 e. The monoisotopic (exact) mass is 239 g/mol. The lowest BCUT2D eigenvalue weighted by Gasteiger charge is -2.21. The van der Waals surface area contributed by atoms with Crippen LogP contribution < -0.4 is 0 Å². The number of carbonyl (C=O) groups is 1. The van der Waals surface area contributed by atoms with E-state index in [-0.39, 0.29) is 0 Å². The van der Waals surface area contributed by atoms with E-state index in [1.165, 1.54) is 4.57 Å². The summed E-state index contributed by atoms with van der Waals surface area (Å²) in [5.41, 5.74) is 0.146. The normalized spacial score (nSPS) is 17.4. The van der Waals surface area contributed by atoms with Crippen molar-refractivity contribution in [3.8, 4) is 0 Å². The van der Waals surface area contributed by atoms with Crippen molar-refractivity contribution in [2.45, 2.75) is 32.7 Å². The fraction of sp³-hybridized carbons (Fsp3) is 0.583. The zero-order valence-corrected chi connectivity index (χ0v) is 10.3. The summed E-state index contributed by atoms with van der Waals surface area (Å²) in [6, 6.07) is 3.56. The molecule has 0 spiro atoms. The van der Waals surface area contributed by atoms with Crippen LogP contribution in [-0.4, -0.2) is 29.5 Å². The molecular weight excluding hydrogens is 222 g/mol. The van der Waals surface area contributed by atoms with E-state index in [1.54, 1.807) is 18.3 Å². The topological polar surface area (TPSA) is 49.7 Å². The average molecular weight is 239 g/mol. The summed E-state index contributed by atoms with van der Waals surface area (Å²) < 4.78 is 17.4. The number of nitrogens with zero attached hydrogens (tertiary/aromatic N) is 1. The lowest BCUT2D eigenvalue weighted by Crippen LogP contribution is -2.28. The second-order valence-electron chi connectivity index (χ2n) is 4.86. The van der Waals surface area contributed by atoms with Gasteiger partial charge in [0.2, 0.25) is 0 Å². The lowest BCUT2D eigenvalue weighted by atomic mass is 10.2. The number of rotatable bonds is 1. The van der Waals surface area contributed by atoms with Crippen LogP contribution in [-0.2, 0) is 14.2 Å². The Hall–Kier alpha value is -1.33. The van der Waals surface area contributed by atoms with Crippen LogP contribution in [0, 0.1) is 0 Å². The number of hydrogen-bond acceptors (Lipinski definition) is 4. The van der Waals surface area contributed by atoms with Crippen molar-refractivity contribution in [2.24, 2.45) is 0 Å². The fourth-order valence-electron chi connectivity index (χ4n) is 1.59. The first-order chi connectivity index (χ1) is 7.97. The molecule has 0 amide bonds. The SMILES string of the molecule is CC(C)(C)OC(=O)n1cccc1C1OCCO1. The van der Waals surface area contributed by atoms with Crippen molar-refractivity contribution in [1.29, 1.82) is 0 Å². The molecule has 1 aromatic rings. The van der Waals surface area contributed by atoms with Gasteiger partial charge in [-0.1, -0.05) is 0 Å². The van der Waals surface area contributed by atoms with Gasteiger partial charge in [0.1, 0.15) is 5.60 Å². The van der Waals surface area contributed by atoms with Crippen molar-refractivity contribution in [1.82, 2.24) is 4.57 Å². The first kappa shape index (κ1) is 12.1. The van der Waals surface area contributed by atoms with Gasteiger partial charge in [-0.15, -0.1) is 0 Å². The largest absolute Gasteiger partial charge is 0.443 e. The summed E-state index contributed by atoms with van der Waals surface area (Å²) in [5.74, 6) is 0. The van der Waals surface area contributed by atoms with E-state index in [4.69, 9.17) is 14.2 Å². The van der Waals surface area contributed by atoms with Crippen molar-refractivity contribution < 1.29 is 19.0 Å². The van der Waals surface area contributed by atoms with E-state index in [0.29, 0.717) is 18.9 Å². The van der Waals surface area contributed by atoms with E-state index < -0.39 is 18.0 Å². The van der Waals surface area contributed by atoms with Gasteiger partial charge in [0.25, 0.3) is 0 Å². The van der Waals surface area contributed by atoms with Crippen LogP contribution in [0.5, 0.6) is 0 Å². The Morgan fingerprint density at radius 2 is 2.06 bits per heavy atom. The van der Waals surface area contributed by atoms with Gasteiger partial charge in [-0.05, 0) is 32.9 Å². The molecule has 1 saturated heterocycles. The Kier molecular flexibility index (Phi) is 3.22. The minimum atomic E-state index is -0.518. The molecule has 0 aromatic carbocycles. The Morgan fingerprint density at radius 3 is 2.65 bits per heavy atom. The van der Waals surface area contributed by atoms with E-state index in [9.17, 15) is 4.79 Å². The zero-order chi connectivity index (χ0) is 12.5. The van der Waals surface area contributed by atoms with E-state index in [0.717, 1.165) is 0 Å². The van der Waals surface area contributed by atoms with E-state index in [1.807, 2.05) is 20.8 Å². The predicted molar refractivity (Wildman–Crippen MR) is 60.7 cm³/mol. The van der Waals surface area contributed by atoms with Gasteiger partial charge in [-0.3, -0.25) is 4.57 Å². The molecule has 1 aromatic heterocycles. The summed E-state index contributed by atoms with van der Waals surface area (Å²) in [6.07, 6.45) is 0.753. The van der Waals surface area contributed by atoms with Gasteiger partial charge in [0.15, 0.2) is 6.29 Å². The van der Waals surface area contributed by atoms with Gasteiger partial charge in [0.05, 0.1) is 18.9 Å². The number of carbonyl (C=O) groups excluding carboxylic acids is 1. The molecule has 5 heteroatoms. The summed E-state index contributed by atoms with van der Waals surface area (Å²) in [6.45, 7) is 6.58. The Labute approximate surface area is 100 Å². The maximum Gasteiger partial charge on any atom is 0.418 e. The van der Waals surface area contributed by atoms with Crippen molar-refractivity contribution in [3.05, 3.63) is 24.0 Å². The first-order valence-electron chi connectivity index (χ1n) is 5.61. The third-order valence-corrected chi connectivity index (χ3v) is 2.23. The molecule has 94 valence electrons. The molecule has 0 saturated carbocycles. The summed E-state index contributed by atoms with van der Waals surface area (Å²) in [5, 5.41) is 0. The minimum absolute atomic E-state index is 0.420. The molecule has 0 bridgehead atoms. The number of hydrogen-bond donors (Lipinski definition) is 0. The molecule has 2 heterocycles. The second kappa shape index (κ2) is 4.50. The Bertz CT molecular complexity index is 399. The third-order valence-electron chi connectivity index (χ3n) is 2.23. The maximum atomic E-state index is 11.9. The maximum absolute atomic E-state index is 11.9. The Balaban J connectivity index is 2.15. The molecule has 2 rings (SSSR count). The van der Waals surface area contributed by atoms with Crippen LogP contribution in [0.2, 0.25) is 0 Å². The van der Waals surface area contributed by atoms with Gasteiger partial charge in [-0.2, -0.15) is 0 Å². The van der Waals surface area contributed by atoms with Crippen molar-refractivity contribution in [3.63, 3.8) is 0 Å². The molecule has 1 fully saturated rings. The highest BCUT2D eigenvalue weighted by Crippen LogP contribution is 2.24. The number of ether oxygens (including phenoxy) is 3. The molecule has 0 unspecified atom stereocenters. The standard InChI is InChI=1S/C12H17NO4/c1-12(2,3)17-11(14)13-6-4-5-9(13)10-15-7-8-16-10/h4-6,10H,7-8H2,1-3H3. The second-order valence-corrected chi connectivity index (χ2v) is 4.86. The molecule has 1 aliphatic rings. The summed E-state index contributed by atoms with van der Waals surface area (Å²) >= 11 is 0. The zero-order valence-electron chi connectivity index (χ0n) is 10.3. The van der Waals surface area contributed by atoms with Crippen LogP contribution in [0.3, 0.4) is 0 Å². The van der Waals surface area contributed by atoms with Crippen molar-refractivity contribution in [2.75, 3.05) is 13.2 Å². The van der Waals surface area contributed by atoms with Gasteiger partial charge >= 0.3 is 6.09 Å². The van der Waals surface area contributed by atoms with Crippen molar-refractivity contribution >= 4 is 6.09 Å². The predicted octanol–water partition coefficient (Wildman–Crippen LogP) is 2.32. The molecule has 17 heavy (non-hydrogen) atoms. The Morgan fingerprint density at radius 1 is 1.41 bits per heavy atom. The molecular formula is C12H17NO4. The highest BCUT2D eigenvalue weighted by Gasteiger charge is 2.26. The molecule has 0 N–H and O–H groups in total. The lowest BCUT2D eigenvalue weighted by molar-refractivity contribution is -0.0499. The molecule has 5 nitrogen and oxygen atoms in total. The average Bonchev–Trinajstić information content (AvgIpc) is 2.85. The van der Waals surface area contributed by atoms with E-state index >= 15 is 0 Å². The highest BCUT2D eigenvalue weighted by atomic mass is 16.7. The van der Waals surface area contributed by atoms with Crippen LogP contribution in [0.15, 0.2) is 18.3 Å². The summed E-state index contributed by atoms with van der Waals surface area (Å²) in [4.78, 5) is 11.9. The van der Waals surface area contributed by atoms with Crippen LogP contribution in [0.1, 0.15) is 32.8 Å². The smallest absolute Gasteiger partial charge is 0.418 e. The molecule has 1 aliphatic heterocycles. The number of aromatic nitrogens is 1. The summed E-state index contributed by atoms with van der Waals surface area (Å²) in [7, 11) is 0. The molecule has 0 radical (unpaired) electrons. The van der Waals surface area contributed by atoms with Crippen LogP contribution in [0.4, 0.5) is 4.79 Å². The van der Waals surface area contributed by atoms with Crippen LogP contribution in [0.25, 0.3) is 0 Å². The molecule has 0 aliphatic carbocycles. The first-order valence-corrected chi connectivity index (χ1v) is 5.61. The highest BCUT2D eigenvalue weighted by molar-refractivity contribution is 5.72. The quantitative estimate of drug-likeness (QED) is 0.754. The third kappa shape index (κ3) is 2.87. The van der Waals surface area contributed by atoms with Gasteiger partial charge in [0, 0.05) is 6.20 Å². The van der Waals surface area contributed by atoms with Gasteiger partial charge < -0.3 is 14.2 Å². The van der Waals surface area contributed by atoms with Crippen LogP contribution >= 0.6 is 0 Å².